The average Bonchev–Trinajstić information content (AvgIpc) is 2.71. The van der Waals surface area contributed by atoms with Gasteiger partial charge in [-0.05, 0) is 31.0 Å². The first-order valence-corrected chi connectivity index (χ1v) is 7.00. The van der Waals surface area contributed by atoms with Crippen LogP contribution in [0.4, 0.5) is 0 Å². The molecule has 21 heavy (non-hydrogen) atoms. The third-order valence-electron chi connectivity index (χ3n) is 4.08. The number of imide groups is 1. The second kappa shape index (κ2) is 4.96. The Morgan fingerprint density at radius 1 is 1.24 bits per heavy atom. The highest BCUT2D eigenvalue weighted by Crippen LogP contribution is 2.23. The highest BCUT2D eigenvalue weighted by Gasteiger charge is 2.33. The highest BCUT2D eigenvalue weighted by molar-refractivity contribution is 6.21. The van der Waals surface area contributed by atoms with Crippen LogP contribution in [0.3, 0.4) is 0 Å². The molecule has 110 valence electrons. The van der Waals surface area contributed by atoms with Gasteiger partial charge in [-0.15, -0.1) is 0 Å². The van der Waals surface area contributed by atoms with E-state index in [0.29, 0.717) is 29.8 Å². The molecule has 1 aromatic carbocycles. The predicted octanol–water partition coefficient (Wildman–Crippen LogP) is 0.476. The van der Waals surface area contributed by atoms with Gasteiger partial charge in [-0.3, -0.25) is 19.3 Å². The van der Waals surface area contributed by atoms with Crippen LogP contribution in [0.5, 0.6) is 0 Å². The van der Waals surface area contributed by atoms with Crippen molar-refractivity contribution in [3.8, 4) is 0 Å². The quantitative estimate of drug-likeness (QED) is 0.761. The topological polar surface area (TPSA) is 83.7 Å². The maximum absolute atomic E-state index is 12.5. The first-order chi connectivity index (χ1) is 9.99. The molecule has 1 fully saturated rings. The Balaban J connectivity index is 1.89. The Bertz CT molecular complexity index is 641. The second-order valence-electron chi connectivity index (χ2n) is 5.58. The third-order valence-corrected chi connectivity index (χ3v) is 4.08. The number of carbonyl (C=O) groups is 3. The van der Waals surface area contributed by atoms with Crippen molar-refractivity contribution in [2.45, 2.75) is 18.9 Å². The van der Waals surface area contributed by atoms with Gasteiger partial charge >= 0.3 is 0 Å². The van der Waals surface area contributed by atoms with Crippen LogP contribution >= 0.6 is 0 Å². The zero-order valence-electron chi connectivity index (χ0n) is 11.8. The van der Waals surface area contributed by atoms with E-state index in [1.54, 1.807) is 17.0 Å². The molecule has 3 rings (SSSR count). The van der Waals surface area contributed by atoms with Gasteiger partial charge in [-0.2, -0.15) is 0 Å². The molecule has 3 amide bonds. The van der Waals surface area contributed by atoms with Crippen molar-refractivity contribution < 1.29 is 14.4 Å². The summed E-state index contributed by atoms with van der Waals surface area (Å²) in [7, 11) is 1.44. The van der Waals surface area contributed by atoms with Gasteiger partial charge in [0.15, 0.2) is 0 Å². The molecule has 6 heteroatoms. The normalized spacial score (nSPS) is 21.7. The molecule has 0 saturated carbocycles. The molecule has 1 atom stereocenters. The van der Waals surface area contributed by atoms with Crippen molar-refractivity contribution in [1.29, 1.82) is 0 Å². The molecule has 2 aliphatic heterocycles. The number of benzene rings is 1. The van der Waals surface area contributed by atoms with E-state index >= 15 is 0 Å². The molecule has 1 aromatic rings. The van der Waals surface area contributed by atoms with Crippen molar-refractivity contribution >= 4 is 17.7 Å². The van der Waals surface area contributed by atoms with E-state index < -0.39 is 0 Å². The fraction of sp³-hybridized carbons (Fsp3) is 0.400. The SMILES string of the molecule is CN1C(=O)c2ccc(C(=O)N3CCC[C@@H](N)C3)cc2C1=O. The summed E-state index contributed by atoms with van der Waals surface area (Å²) in [4.78, 5) is 39.0. The minimum absolute atomic E-state index is 0.00599. The molecule has 2 N–H and O–H groups in total. The summed E-state index contributed by atoms with van der Waals surface area (Å²) in [6, 6.07) is 4.68. The molecule has 1 saturated heterocycles. The van der Waals surface area contributed by atoms with Crippen molar-refractivity contribution in [3.63, 3.8) is 0 Å². The summed E-state index contributed by atoms with van der Waals surface area (Å²) >= 11 is 0. The van der Waals surface area contributed by atoms with Crippen LogP contribution in [0.15, 0.2) is 18.2 Å². The average molecular weight is 287 g/mol. The number of hydrogen-bond acceptors (Lipinski definition) is 4. The minimum atomic E-state index is -0.361. The maximum atomic E-state index is 12.5. The predicted molar refractivity (Wildman–Crippen MR) is 76.0 cm³/mol. The van der Waals surface area contributed by atoms with Gasteiger partial charge in [0.05, 0.1) is 11.1 Å². The van der Waals surface area contributed by atoms with E-state index in [9.17, 15) is 14.4 Å². The van der Waals surface area contributed by atoms with E-state index in [2.05, 4.69) is 0 Å². The first kappa shape index (κ1) is 13.8. The van der Waals surface area contributed by atoms with Gasteiger partial charge in [0.2, 0.25) is 0 Å². The van der Waals surface area contributed by atoms with Crippen LogP contribution in [0.25, 0.3) is 0 Å². The number of nitrogens with zero attached hydrogens (tertiary/aromatic N) is 2. The Kier molecular flexibility index (Phi) is 3.25. The van der Waals surface area contributed by atoms with Gasteiger partial charge in [0.25, 0.3) is 17.7 Å². The van der Waals surface area contributed by atoms with E-state index in [1.165, 1.54) is 13.1 Å². The largest absolute Gasteiger partial charge is 0.337 e. The Hall–Kier alpha value is -2.21. The Labute approximate surface area is 122 Å². The second-order valence-corrected chi connectivity index (χ2v) is 5.58. The van der Waals surface area contributed by atoms with Crippen LogP contribution in [-0.4, -0.2) is 53.7 Å². The number of fused-ring (bicyclic) bond motifs is 1. The van der Waals surface area contributed by atoms with E-state index in [4.69, 9.17) is 5.73 Å². The summed E-state index contributed by atoms with van der Waals surface area (Å²) in [5.41, 5.74) is 6.98. The molecular formula is C15H17N3O3. The zero-order valence-corrected chi connectivity index (χ0v) is 11.8. The number of likely N-dealkylation sites (tertiary alicyclic amines) is 1. The molecule has 0 spiro atoms. The van der Waals surface area contributed by atoms with Gasteiger partial charge in [0.1, 0.15) is 0 Å². The smallest absolute Gasteiger partial charge is 0.261 e. The molecule has 0 unspecified atom stereocenters. The fourth-order valence-electron chi connectivity index (χ4n) is 2.87. The molecule has 2 aliphatic rings. The lowest BCUT2D eigenvalue weighted by molar-refractivity contribution is 0.0690. The Morgan fingerprint density at radius 2 is 1.95 bits per heavy atom. The first-order valence-electron chi connectivity index (χ1n) is 7.00. The van der Waals surface area contributed by atoms with E-state index in [-0.39, 0.29) is 23.8 Å². The van der Waals surface area contributed by atoms with Crippen LogP contribution in [0.2, 0.25) is 0 Å². The molecule has 0 radical (unpaired) electrons. The summed E-state index contributed by atoms with van der Waals surface area (Å²) in [6.07, 6.45) is 1.81. The number of carbonyl (C=O) groups excluding carboxylic acids is 3. The lowest BCUT2D eigenvalue weighted by Crippen LogP contribution is -2.45. The molecule has 0 aliphatic carbocycles. The lowest BCUT2D eigenvalue weighted by atomic mass is 10.0. The van der Waals surface area contributed by atoms with Gasteiger partial charge in [0, 0.05) is 31.7 Å². The fourth-order valence-corrected chi connectivity index (χ4v) is 2.87. The monoisotopic (exact) mass is 287 g/mol. The van der Waals surface area contributed by atoms with Crippen LogP contribution in [-0.2, 0) is 0 Å². The summed E-state index contributed by atoms with van der Waals surface area (Å²) in [6.45, 7) is 1.21. The van der Waals surface area contributed by atoms with Crippen LogP contribution < -0.4 is 5.73 Å². The van der Waals surface area contributed by atoms with Gasteiger partial charge in [-0.1, -0.05) is 0 Å². The minimum Gasteiger partial charge on any atom is -0.337 e. The van der Waals surface area contributed by atoms with Gasteiger partial charge < -0.3 is 10.6 Å². The number of hydrogen-bond donors (Lipinski definition) is 1. The van der Waals surface area contributed by atoms with Crippen molar-refractivity contribution in [2.24, 2.45) is 5.73 Å². The van der Waals surface area contributed by atoms with Crippen LogP contribution in [0, 0.1) is 0 Å². The summed E-state index contributed by atoms with van der Waals surface area (Å²) < 4.78 is 0. The molecule has 0 aromatic heterocycles. The summed E-state index contributed by atoms with van der Waals surface area (Å²) in [5, 5.41) is 0. The highest BCUT2D eigenvalue weighted by atomic mass is 16.2. The van der Waals surface area contributed by atoms with Crippen molar-refractivity contribution in [1.82, 2.24) is 9.80 Å². The maximum Gasteiger partial charge on any atom is 0.261 e. The molecule has 2 heterocycles. The summed E-state index contributed by atoms with van der Waals surface area (Å²) in [5.74, 6) is -0.822. The molecular weight excluding hydrogens is 270 g/mol. The van der Waals surface area contributed by atoms with Crippen LogP contribution in [0.1, 0.15) is 43.9 Å². The number of nitrogens with two attached hydrogens (primary N) is 1. The Morgan fingerprint density at radius 3 is 2.67 bits per heavy atom. The number of piperidine rings is 1. The molecule has 6 nitrogen and oxygen atoms in total. The zero-order chi connectivity index (χ0) is 15.1. The van der Waals surface area contributed by atoms with Crippen molar-refractivity contribution in [2.75, 3.05) is 20.1 Å². The lowest BCUT2D eigenvalue weighted by Gasteiger charge is -2.30. The number of rotatable bonds is 1. The van der Waals surface area contributed by atoms with Crippen molar-refractivity contribution in [3.05, 3.63) is 34.9 Å². The van der Waals surface area contributed by atoms with Gasteiger partial charge in [-0.25, -0.2) is 0 Å². The van der Waals surface area contributed by atoms with E-state index in [0.717, 1.165) is 17.7 Å². The number of amides is 3. The standard InChI is InChI=1S/C15H17N3O3/c1-17-14(20)11-5-4-9(7-12(11)15(17)21)13(19)18-6-2-3-10(16)8-18/h4-5,7,10H,2-3,6,8,16H2,1H3/t10-/m1/s1. The third kappa shape index (κ3) is 2.21. The van der Waals surface area contributed by atoms with E-state index in [1.807, 2.05) is 0 Å². The molecule has 0 bridgehead atoms.